The number of rotatable bonds is 8. The standard InChI is InChI=1S/C18H24N2O4S/c1-19(2)13-15(21)14-20(17-11-7-8-12-18(17)24-3)25(22,23)16-9-5-4-6-10-16/h4-12,15,21H,13-14H2,1-3H3/t15-/m1/s1. The molecule has 136 valence electrons. The number of sulfonamides is 1. The average molecular weight is 364 g/mol. The summed E-state index contributed by atoms with van der Waals surface area (Å²) in [6.07, 6.45) is -0.849. The third kappa shape index (κ3) is 4.72. The van der Waals surface area contributed by atoms with Crippen LogP contribution in [0.1, 0.15) is 0 Å². The Morgan fingerprint density at radius 3 is 2.20 bits per heavy atom. The number of nitrogens with zero attached hydrogens (tertiary/aromatic N) is 2. The van der Waals surface area contributed by atoms with Crippen molar-refractivity contribution in [2.45, 2.75) is 11.0 Å². The van der Waals surface area contributed by atoms with Crippen molar-refractivity contribution in [3.05, 3.63) is 54.6 Å². The van der Waals surface area contributed by atoms with Crippen LogP contribution in [-0.4, -0.2) is 58.8 Å². The molecule has 0 bridgehead atoms. The molecule has 0 heterocycles. The fourth-order valence-corrected chi connectivity index (χ4v) is 4.09. The molecule has 6 nitrogen and oxygen atoms in total. The number of para-hydroxylation sites is 2. The maximum atomic E-state index is 13.2. The van der Waals surface area contributed by atoms with Gasteiger partial charge >= 0.3 is 0 Å². The minimum Gasteiger partial charge on any atom is -0.495 e. The number of methoxy groups -OCH3 is 1. The van der Waals surface area contributed by atoms with E-state index in [2.05, 4.69) is 0 Å². The zero-order valence-electron chi connectivity index (χ0n) is 14.7. The lowest BCUT2D eigenvalue weighted by molar-refractivity contribution is 0.145. The van der Waals surface area contributed by atoms with Crippen LogP contribution in [0.3, 0.4) is 0 Å². The summed E-state index contributed by atoms with van der Waals surface area (Å²) in [5.41, 5.74) is 0.395. The van der Waals surface area contributed by atoms with Gasteiger partial charge in [-0.15, -0.1) is 0 Å². The van der Waals surface area contributed by atoms with E-state index in [-0.39, 0.29) is 11.4 Å². The molecule has 0 saturated carbocycles. The largest absolute Gasteiger partial charge is 0.495 e. The lowest BCUT2D eigenvalue weighted by Gasteiger charge is -2.29. The average Bonchev–Trinajstić information content (AvgIpc) is 2.59. The van der Waals surface area contributed by atoms with Crippen molar-refractivity contribution in [1.29, 1.82) is 0 Å². The Morgan fingerprint density at radius 2 is 1.60 bits per heavy atom. The number of likely N-dealkylation sites (N-methyl/N-ethyl adjacent to an activating group) is 1. The highest BCUT2D eigenvalue weighted by Crippen LogP contribution is 2.32. The van der Waals surface area contributed by atoms with Gasteiger partial charge in [0.25, 0.3) is 10.0 Å². The number of aliphatic hydroxyl groups is 1. The van der Waals surface area contributed by atoms with Crippen molar-refractivity contribution in [3.8, 4) is 5.75 Å². The molecule has 0 aliphatic heterocycles. The predicted octanol–water partition coefficient (Wildman–Crippen LogP) is 1.81. The first-order valence-corrected chi connectivity index (χ1v) is 9.34. The van der Waals surface area contributed by atoms with E-state index in [4.69, 9.17) is 4.74 Å². The lowest BCUT2D eigenvalue weighted by atomic mass is 10.2. The lowest BCUT2D eigenvalue weighted by Crippen LogP contribution is -2.41. The smallest absolute Gasteiger partial charge is 0.264 e. The molecule has 0 aliphatic carbocycles. The summed E-state index contributed by atoms with van der Waals surface area (Å²) in [4.78, 5) is 1.97. The Morgan fingerprint density at radius 1 is 1.00 bits per heavy atom. The minimum absolute atomic E-state index is 0.0736. The summed E-state index contributed by atoms with van der Waals surface area (Å²) in [5.74, 6) is 0.430. The van der Waals surface area contributed by atoms with Gasteiger partial charge in [0.1, 0.15) is 5.75 Å². The van der Waals surface area contributed by atoms with Crippen molar-refractivity contribution >= 4 is 15.7 Å². The molecule has 1 atom stereocenters. The molecular formula is C18H24N2O4S. The Balaban J connectivity index is 2.49. The normalized spacial score (nSPS) is 12.8. The SMILES string of the molecule is COc1ccccc1N(C[C@H](O)CN(C)C)S(=O)(=O)c1ccccc1. The fourth-order valence-electron chi connectivity index (χ4n) is 2.55. The molecule has 7 heteroatoms. The zero-order chi connectivity index (χ0) is 18.4. The summed E-state index contributed by atoms with van der Waals surface area (Å²) in [7, 11) is 1.29. The van der Waals surface area contributed by atoms with Crippen LogP contribution in [0, 0.1) is 0 Å². The molecule has 0 amide bonds. The first kappa shape index (κ1) is 19.2. The maximum Gasteiger partial charge on any atom is 0.264 e. The van der Waals surface area contributed by atoms with Crippen molar-refractivity contribution < 1.29 is 18.3 Å². The summed E-state index contributed by atoms with van der Waals surface area (Å²) in [5, 5.41) is 10.3. The van der Waals surface area contributed by atoms with Gasteiger partial charge in [-0.1, -0.05) is 30.3 Å². The molecule has 2 aromatic rings. The number of ether oxygens (including phenoxy) is 1. The number of anilines is 1. The van der Waals surface area contributed by atoms with E-state index in [0.29, 0.717) is 18.0 Å². The highest BCUT2D eigenvalue weighted by molar-refractivity contribution is 7.92. The topological polar surface area (TPSA) is 70.1 Å². The Hall–Kier alpha value is -2.09. The van der Waals surface area contributed by atoms with Gasteiger partial charge in [-0.3, -0.25) is 4.31 Å². The van der Waals surface area contributed by atoms with Gasteiger partial charge in [0.15, 0.2) is 0 Å². The molecule has 2 aromatic carbocycles. The van der Waals surface area contributed by atoms with E-state index in [1.54, 1.807) is 47.4 Å². The Labute approximate surface area is 149 Å². The van der Waals surface area contributed by atoms with Crippen molar-refractivity contribution in [2.24, 2.45) is 0 Å². The summed E-state index contributed by atoms with van der Waals surface area (Å²) in [6.45, 7) is 0.270. The summed E-state index contributed by atoms with van der Waals surface area (Å²) < 4.78 is 32.9. The number of benzene rings is 2. The molecule has 0 aromatic heterocycles. The van der Waals surface area contributed by atoms with E-state index in [1.165, 1.54) is 23.5 Å². The van der Waals surface area contributed by atoms with E-state index in [9.17, 15) is 13.5 Å². The third-order valence-electron chi connectivity index (χ3n) is 3.64. The van der Waals surface area contributed by atoms with Gasteiger partial charge in [0.2, 0.25) is 0 Å². The second-order valence-corrected chi connectivity index (χ2v) is 7.80. The highest BCUT2D eigenvalue weighted by Gasteiger charge is 2.29. The Kier molecular flexibility index (Phi) is 6.41. The molecule has 0 saturated heterocycles. The van der Waals surface area contributed by atoms with Gasteiger partial charge in [0, 0.05) is 6.54 Å². The second-order valence-electron chi connectivity index (χ2n) is 5.94. The molecule has 0 unspecified atom stereocenters. The number of aliphatic hydroxyl groups excluding tert-OH is 1. The monoisotopic (exact) mass is 364 g/mol. The van der Waals surface area contributed by atoms with E-state index >= 15 is 0 Å². The maximum absolute atomic E-state index is 13.2. The second kappa shape index (κ2) is 8.33. The molecule has 0 fully saturated rings. The zero-order valence-corrected chi connectivity index (χ0v) is 15.5. The van der Waals surface area contributed by atoms with Gasteiger partial charge in [-0.05, 0) is 38.4 Å². The van der Waals surface area contributed by atoms with E-state index < -0.39 is 16.1 Å². The van der Waals surface area contributed by atoms with Crippen LogP contribution in [0.25, 0.3) is 0 Å². The van der Waals surface area contributed by atoms with Crippen LogP contribution in [0.4, 0.5) is 5.69 Å². The fraction of sp³-hybridized carbons (Fsp3) is 0.333. The van der Waals surface area contributed by atoms with Crippen molar-refractivity contribution in [3.63, 3.8) is 0 Å². The highest BCUT2D eigenvalue weighted by atomic mass is 32.2. The quantitative estimate of drug-likeness (QED) is 0.774. The Bertz CT molecular complexity index is 779. The molecule has 2 rings (SSSR count). The van der Waals surface area contributed by atoms with Gasteiger partial charge < -0.3 is 14.7 Å². The van der Waals surface area contributed by atoms with E-state index in [1.807, 2.05) is 14.1 Å². The minimum atomic E-state index is -3.84. The molecule has 25 heavy (non-hydrogen) atoms. The first-order chi connectivity index (χ1) is 11.9. The molecule has 0 spiro atoms. The first-order valence-electron chi connectivity index (χ1n) is 7.90. The van der Waals surface area contributed by atoms with Crippen LogP contribution >= 0.6 is 0 Å². The van der Waals surface area contributed by atoms with Gasteiger partial charge in [-0.25, -0.2) is 8.42 Å². The molecule has 0 radical (unpaired) electrons. The van der Waals surface area contributed by atoms with Crippen molar-refractivity contribution in [1.82, 2.24) is 4.90 Å². The van der Waals surface area contributed by atoms with Crippen LogP contribution in [0.2, 0.25) is 0 Å². The van der Waals surface area contributed by atoms with Gasteiger partial charge in [0.05, 0.1) is 30.3 Å². The third-order valence-corrected chi connectivity index (χ3v) is 5.43. The van der Waals surface area contributed by atoms with E-state index in [0.717, 1.165) is 0 Å². The van der Waals surface area contributed by atoms with Crippen LogP contribution in [0.15, 0.2) is 59.5 Å². The van der Waals surface area contributed by atoms with Crippen LogP contribution in [-0.2, 0) is 10.0 Å². The van der Waals surface area contributed by atoms with Crippen molar-refractivity contribution in [2.75, 3.05) is 38.6 Å². The van der Waals surface area contributed by atoms with Gasteiger partial charge in [-0.2, -0.15) is 0 Å². The number of hydrogen-bond acceptors (Lipinski definition) is 5. The summed E-state index contributed by atoms with van der Waals surface area (Å²) in [6, 6.07) is 15.0. The molecule has 0 aliphatic rings. The summed E-state index contributed by atoms with van der Waals surface area (Å²) >= 11 is 0. The predicted molar refractivity (Wildman–Crippen MR) is 98.5 cm³/mol. The van der Waals surface area contributed by atoms with Crippen LogP contribution in [0.5, 0.6) is 5.75 Å². The van der Waals surface area contributed by atoms with Crippen LogP contribution < -0.4 is 9.04 Å². The molecule has 1 N–H and O–H groups in total. The number of hydrogen-bond donors (Lipinski definition) is 1. The molecular weight excluding hydrogens is 340 g/mol.